The molecular formula is C18H21N3O2. The summed E-state index contributed by atoms with van der Waals surface area (Å²) in [5, 5.41) is 10.2. The second-order valence-electron chi connectivity index (χ2n) is 5.86. The molecule has 0 radical (unpaired) electrons. The number of hydrogen-bond acceptors (Lipinski definition) is 4. The number of aliphatic hydroxyl groups excluding tert-OH is 1. The molecule has 1 heterocycles. The lowest BCUT2D eigenvalue weighted by Crippen LogP contribution is -2.23. The summed E-state index contributed by atoms with van der Waals surface area (Å²) in [5.74, 6) is 0.695. The number of nitrogens with two attached hydrogens (primary N) is 1. The highest BCUT2D eigenvalue weighted by atomic mass is 16.5. The Morgan fingerprint density at radius 1 is 1.17 bits per heavy atom. The van der Waals surface area contributed by atoms with E-state index in [0.717, 1.165) is 11.0 Å². The third-order valence-corrected chi connectivity index (χ3v) is 3.97. The van der Waals surface area contributed by atoms with Gasteiger partial charge in [0.1, 0.15) is 18.5 Å². The first-order valence-electron chi connectivity index (χ1n) is 7.61. The van der Waals surface area contributed by atoms with Crippen molar-refractivity contribution in [2.75, 3.05) is 12.3 Å². The van der Waals surface area contributed by atoms with Crippen LogP contribution in [-0.2, 0) is 6.54 Å². The quantitative estimate of drug-likeness (QED) is 0.711. The van der Waals surface area contributed by atoms with Gasteiger partial charge in [-0.25, -0.2) is 4.98 Å². The maximum Gasteiger partial charge on any atom is 0.119 e. The van der Waals surface area contributed by atoms with Crippen LogP contribution in [0.25, 0.3) is 11.0 Å². The number of hydrogen-bond donors (Lipinski definition) is 2. The van der Waals surface area contributed by atoms with Gasteiger partial charge in [0.15, 0.2) is 0 Å². The van der Waals surface area contributed by atoms with Crippen molar-refractivity contribution < 1.29 is 9.84 Å². The van der Waals surface area contributed by atoms with Crippen molar-refractivity contribution in [3.8, 4) is 5.75 Å². The maximum atomic E-state index is 10.2. The summed E-state index contributed by atoms with van der Waals surface area (Å²) in [6.07, 6.45) is 1.14. The molecule has 3 aromatic rings. The highest BCUT2D eigenvalue weighted by molar-refractivity contribution is 5.77. The van der Waals surface area contributed by atoms with Crippen LogP contribution >= 0.6 is 0 Å². The second kappa shape index (κ2) is 6.30. The van der Waals surface area contributed by atoms with Gasteiger partial charge < -0.3 is 20.1 Å². The number of rotatable bonds is 5. The van der Waals surface area contributed by atoms with Gasteiger partial charge >= 0.3 is 0 Å². The zero-order chi connectivity index (χ0) is 16.4. The highest BCUT2D eigenvalue weighted by Crippen LogP contribution is 2.19. The first-order chi connectivity index (χ1) is 11.0. The van der Waals surface area contributed by atoms with Crippen molar-refractivity contribution >= 4 is 16.7 Å². The van der Waals surface area contributed by atoms with Gasteiger partial charge in [-0.3, -0.25) is 0 Å². The van der Waals surface area contributed by atoms with Gasteiger partial charge in [0.25, 0.3) is 0 Å². The molecule has 3 rings (SSSR count). The monoisotopic (exact) mass is 311 g/mol. The number of nitrogens with zero attached hydrogens (tertiary/aromatic N) is 2. The molecule has 0 aliphatic heterocycles. The smallest absolute Gasteiger partial charge is 0.119 e. The van der Waals surface area contributed by atoms with Crippen LogP contribution < -0.4 is 10.5 Å². The molecule has 0 saturated carbocycles. The average Bonchev–Trinajstić information content (AvgIpc) is 2.89. The third kappa shape index (κ3) is 3.46. The predicted molar refractivity (Wildman–Crippen MR) is 91.6 cm³/mol. The lowest BCUT2D eigenvalue weighted by Gasteiger charge is -2.14. The van der Waals surface area contributed by atoms with Crippen LogP contribution in [0, 0.1) is 13.8 Å². The van der Waals surface area contributed by atoms with Crippen LogP contribution in [0.3, 0.4) is 0 Å². The molecule has 0 bridgehead atoms. The predicted octanol–water partition coefficient (Wildman–Crippen LogP) is 2.68. The zero-order valence-corrected chi connectivity index (χ0v) is 13.4. The van der Waals surface area contributed by atoms with E-state index < -0.39 is 6.10 Å². The van der Waals surface area contributed by atoms with Gasteiger partial charge in [-0.15, -0.1) is 0 Å². The van der Waals surface area contributed by atoms with E-state index in [-0.39, 0.29) is 6.61 Å². The van der Waals surface area contributed by atoms with Crippen LogP contribution in [0.2, 0.25) is 0 Å². The molecule has 5 heteroatoms. The number of ether oxygens (including phenoxy) is 1. The summed E-state index contributed by atoms with van der Waals surface area (Å²) >= 11 is 0. The number of imidazole rings is 1. The summed E-state index contributed by atoms with van der Waals surface area (Å²) in [6.45, 7) is 4.80. The van der Waals surface area contributed by atoms with Crippen molar-refractivity contribution in [3.63, 3.8) is 0 Å². The second-order valence-corrected chi connectivity index (χ2v) is 5.86. The SMILES string of the molecule is Cc1cc2ncn(C[C@H](O)COc3ccc(N)cc3)c2cc1C. The van der Waals surface area contributed by atoms with E-state index in [1.165, 1.54) is 11.1 Å². The first-order valence-corrected chi connectivity index (χ1v) is 7.61. The highest BCUT2D eigenvalue weighted by Gasteiger charge is 2.10. The lowest BCUT2D eigenvalue weighted by molar-refractivity contribution is 0.0934. The molecule has 120 valence electrons. The Labute approximate surface area is 135 Å². The van der Waals surface area contributed by atoms with E-state index in [4.69, 9.17) is 10.5 Å². The Kier molecular flexibility index (Phi) is 4.21. The molecule has 1 atom stereocenters. The van der Waals surface area contributed by atoms with Crippen molar-refractivity contribution in [3.05, 3.63) is 53.9 Å². The topological polar surface area (TPSA) is 73.3 Å². The molecular weight excluding hydrogens is 290 g/mol. The van der Waals surface area contributed by atoms with Gasteiger partial charge in [0, 0.05) is 5.69 Å². The summed E-state index contributed by atoms with van der Waals surface area (Å²) in [6, 6.07) is 11.3. The molecule has 2 aromatic carbocycles. The number of benzene rings is 2. The number of aliphatic hydroxyl groups is 1. The Morgan fingerprint density at radius 3 is 2.61 bits per heavy atom. The molecule has 1 aromatic heterocycles. The van der Waals surface area contributed by atoms with Gasteiger partial charge in [-0.2, -0.15) is 0 Å². The first kappa shape index (κ1) is 15.4. The number of nitrogen functional groups attached to an aromatic ring is 1. The Balaban J connectivity index is 1.67. The van der Waals surface area contributed by atoms with Crippen molar-refractivity contribution in [1.82, 2.24) is 9.55 Å². The molecule has 0 aliphatic rings. The number of aryl methyl sites for hydroxylation is 2. The molecule has 0 fully saturated rings. The van der Waals surface area contributed by atoms with E-state index in [0.29, 0.717) is 18.0 Å². The van der Waals surface area contributed by atoms with Gasteiger partial charge in [-0.05, 0) is 61.4 Å². The fourth-order valence-corrected chi connectivity index (χ4v) is 2.49. The van der Waals surface area contributed by atoms with Gasteiger partial charge in [0.05, 0.1) is 23.9 Å². The van der Waals surface area contributed by atoms with E-state index in [1.54, 1.807) is 30.6 Å². The molecule has 3 N–H and O–H groups in total. The molecule has 0 saturated heterocycles. The lowest BCUT2D eigenvalue weighted by atomic mass is 10.1. The molecule has 0 amide bonds. The van der Waals surface area contributed by atoms with E-state index in [2.05, 4.69) is 31.0 Å². The van der Waals surface area contributed by atoms with Crippen LogP contribution in [-0.4, -0.2) is 27.4 Å². The molecule has 5 nitrogen and oxygen atoms in total. The van der Waals surface area contributed by atoms with Crippen LogP contribution in [0.15, 0.2) is 42.7 Å². The molecule has 0 unspecified atom stereocenters. The summed E-state index contributed by atoms with van der Waals surface area (Å²) < 4.78 is 7.54. The minimum absolute atomic E-state index is 0.217. The minimum Gasteiger partial charge on any atom is -0.491 e. The Hall–Kier alpha value is -2.53. The van der Waals surface area contributed by atoms with Crippen molar-refractivity contribution in [2.45, 2.75) is 26.5 Å². The summed E-state index contributed by atoms with van der Waals surface area (Å²) in [5.41, 5.74) is 10.7. The molecule has 0 aliphatic carbocycles. The van der Waals surface area contributed by atoms with Gasteiger partial charge in [-0.1, -0.05) is 0 Å². The zero-order valence-electron chi connectivity index (χ0n) is 13.4. The fraction of sp³-hybridized carbons (Fsp3) is 0.278. The van der Waals surface area contributed by atoms with E-state index >= 15 is 0 Å². The van der Waals surface area contributed by atoms with Crippen molar-refractivity contribution in [2.24, 2.45) is 0 Å². The average molecular weight is 311 g/mol. The Morgan fingerprint density at radius 2 is 1.87 bits per heavy atom. The largest absolute Gasteiger partial charge is 0.491 e. The van der Waals surface area contributed by atoms with E-state index in [9.17, 15) is 5.11 Å². The number of anilines is 1. The van der Waals surface area contributed by atoms with E-state index in [1.807, 2.05) is 4.57 Å². The summed E-state index contributed by atoms with van der Waals surface area (Å²) in [4.78, 5) is 4.40. The standard InChI is InChI=1S/C18H21N3O2/c1-12-7-17-18(8-13(12)2)21(11-20-17)9-15(22)10-23-16-5-3-14(19)4-6-16/h3-8,11,15,22H,9-10,19H2,1-2H3/t15-/m0/s1. The number of aromatic nitrogens is 2. The van der Waals surface area contributed by atoms with Gasteiger partial charge in [0.2, 0.25) is 0 Å². The molecule has 23 heavy (non-hydrogen) atoms. The van der Waals surface area contributed by atoms with Crippen molar-refractivity contribution in [1.29, 1.82) is 0 Å². The summed E-state index contributed by atoms with van der Waals surface area (Å²) in [7, 11) is 0. The fourth-order valence-electron chi connectivity index (χ4n) is 2.49. The van der Waals surface area contributed by atoms with Crippen LogP contribution in [0.5, 0.6) is 5.75 Å². The van der Waals surface area contributed by atoms with Crippen LogP contribution in [0.1, 0.15) is 11.1 Å². The maximum absolute atomic E-state index is 10.2. The Bertz CT molecular complexity index is 809. The van der Waals surface area contributed by atoms with Crippen LogP contribution in [0.4, 0.5) is 5.69 Å². The minimum atomic E-state index is -0.619. The molecule has 0 spiro atoms. The number of fused-ring (bicyclic) bond motifs is 1. The normalized spacial score (nSPS) is 12.5. The third-order valence-electron chi connectivity index (χ3n) is 3.97.